The van der Waals surface area contributed by atoms with Crippen LogP contribution in [0.25, 0.3) is 0 Å². The molecule has 2 aliphatic rings. The van der Waals surface area contributed by atoms with Gasteiger partial charge in [0.25, 0.3) is 0 Å². The van der Waals surface area contributed by atoms with Gasteiger partial charge in [-0.1, -0.05) is 0 Å². The van der Waals surface area contributed by atoms with E-state index in [0.29, 0.717) is 25.5 Å². The van der Waals surface area contributed by atoms with E-state index in [2.05, 4.69) is 21.7 Å². The Labute approximate surface area is 165 Å². The number of carbonyl (C=O) groups is 1. The highest BCUT2D eigenvalue weighted by Crippen LogP contribution is 2.30. The summed E-state index contributed by atoms with van der Waals surface area (Å²) in [5, 5.41) is 5.17. The molecule has 0 radical (unpaired) electrons. The number of nitrogens with one attached hydrogen (secondary N) is 1. The van der Waals surface area contributed by atoms with Crippen LogP contribution >= 0.6 is 11.3 Å². The van der Waals surface area contributed by atoms with E-state index in [1.54, 1.807) is 11.3 Å². The molecule has 5 nitrogen and oxygen atoms in total. The third kappa shape index (κ3) is 4.09. The Bertz CT molecular complexity index is 828. The number of nitrogens with zero attached hydrogens (tertiary/aromatic N) is 3. The van der Waals surface area contributed by atoms with Crippen LogP contribution in [0.2, 0.25) is 0 Å². The number of anilines is 1. The van der Waals surface area contributed by atoms with Gasteiger partial charge >= 0.3 is 12.2 Å². The van der Waals surface area contributed by atoms with Crippen LogP contribution in [0.3, 0.4) is 0 Å². The van der Waals surface area contributed by atoms with Gasteiger partial charge in [-0.3, -0.25) is 0 Å². The number of hydrogen-bond acceptors (Lipinski definition) is 4. The Morgan fingerprint density at radius 1 is 1.18 bits per heavy atom. The largest absolute Gasteiger partial charge is 0.417 e. The Morgan fingerprint density at radius 3 is 2.64 bits per heavy atom. The molecule has 0 unspecified atom stereocenters. The molecule has 0 bridgehead atoms. The van der Waals surface area contributed by atoms with Crippen LogP contribution in [-0.4, -0.2) is 41.6 Å². The maximum Gasteiger partial charge on any atom is 0.417 e. The number of thiophene rings is 1. The first-order valence-electron chi connectivity index (χ1n) is 9.29. The molecule has 2 aromatic rings. The van der Waals surface area contributed by atoms with Crippen molar-refractivity contribution in [1.29, 1.82) is 0 Å². The molecule has 0 aromatic carbocycles. The van der Waals surface area contributed by atoms with Crippen LogP contribution < -0.4 is 10.2 Å². The van der Waals surface area contributed by atoms with Crippen molar-refractivity contribution in [1.82, 2.24) is 15.2 Å². The quantitative estimate of drug-likeness (QED) is 0.817. The summed E-state index contributed by atoms with van der Waals surface area (Å²) < 4.78 is 38.0. The highest BCUT2D eigenvalue weighted by atomic mass is 32.1. The normalized spacial score (nSPS) is 18.1. The number of amides is 2. The van der Waals surface area contributed by atoms with Gasteiger partial charge in [-0.05, 0) is 48.4 Å². The van der Waals surface area contributed by atoms with Crippen LogP contribution in [0.5, 0.6) is 0 Å². The summed E-state index contributed by atoms with van der Waals surface area (Å²) >= 11 is 1.74. The van der Waals surface area contributed by atoms with E-state index in [1.165, 1.54) is 16.5 Å². The van der Waals surface area contributed by atoms with Crippen molar-refractivity contribution in [3.63, 3.8) is 0 Å². The van der Waals surface area contributed by atoms with Gasteiger partial charge in [0.1, 0.15) is 5.82 Å². The summed E-state index contributed by atoms with van der Waals surface area (Å²) in [6, 6.07) is 4.58. The zero-order chi connectivity index (χ0) is 19.7. The van der Waals surface area contributed by atoms with Crippen molar-refractivity contribution < 1.29 is 18.0 Å². The second-order valence-corrected chi connectivity index (χ2v) is 8.15. The highest BCUT2D eigenvalue weighted by molar-refractivity contribution is 7.10. The molecule has 0 spiro atoms. The number of urea groups is 1. The average Bonchev–Trinajstić information content (AvgIpc) is 3.16. The van der Waals surface area contributed by atoms with E-state index in [-0.39, 0.29) is 12.1 Å². The van der Waals surface area contributed by atoms with Gasteiger partial charge in [-0.25, -0.2) is 9.78 Å². The van der Waals surface area contributed by atoms with E-state index in [9.17, 15) is 18.0 Å². The lowest BCUT2D eigenvalue weighted by molar-refractivity contribution is -0.137. The van der Waals surface area contributed by atoms with Gasteiger partial charge in [-0.2, -0.15) is 13.2 Å². The van der Waals surface area contributed by atoms with Gasteiger partial charge in [-0.15, -0.1) is 11.3 Å². The maximum absolute atomic E-state index is 12.7. The maximum atomic E-state index is 12.7. The molecular weight excluding hydrogens is 389 g/mol. The monoisotopic (exact) mass is 410 g/mol. The molecule has 2 aliphatic heterocycles. The number of pyridine rings is 1. The minimum atomic E-state index is -4.37. The fourth-order valence-electron chi connectivity index (χ4n) is 3.68. The van der Waals surface area contributed by atoms with Crippen LogP contribution in [0, 0.1) is 0 Å². The summed E-state index contributed by atoms with van der Waals surface area (Å²) in [6.45, 7) is 2.68. The molecule has 9 heteroatoms. The van der Waals surface area contributed by atoms with E-state index < -0.39 is 11.7 Å². The van der Waals surface area contributed by atoms with E-state index >= 15 is 0 Å². The molecule has 0 aliphatic carbocycles. The molecule has 0 atom stereocenters. The molecule has 4 heterocycles. The standard InChI is InChI=1S/C19H21F3N4OS/c20-19(21,22)14-1-2-17(23-11-14)25-7-3-15(4-8-25)24-18(27)26-9-5-16-13(12-26)6-10-28-16/h1-2,6,10-11,15H,3-5,7-9,12H2,(H,24,27). The summed E-state index contributed by atoms with van der Waals surface area (Å²) in [5.41, 5.74) is 0.489. The van der Waals surface area contributed by atoms with Gasteiger partial charge in [0, 0.05) is 43.3 Å². The Hall–Kier alpha value is -2.29. The number of fused-ring (bicyclic) bond motifs is 1. The zero-order valence-electron chi connectivity index (χ0n) is 15.2. The number of halogens is 3. The lowest BCUT2D eigenvalue weighted by atomic mass is 10.0. The number of piperidine rings is 1. The molecule has 0 saturated carbocycles. The fourth-order valence-corrected chi connectivity index (χ4v) is 4.57. The van der Waals surface area contributed by atoms with Crippen molar-refractivity contribution in [2.75, 3.05) is 24.5 Å². The smallest absolute Gasteiger partial charge is 0.356 e. The number of alkyl halides is 3. The van der Waals surface area contributed by atoms with Gasteiger partial charge in [0.15, 0.2) is 0 Å². The molecule has 1 N–H and O–H groups in total. The third-order valence-corrected chi connectivity index (χ3v) is 6.34. The average molecular weight is 410 g/mol. The van der Waals surface area contributed by atoms with Crippen molar-refractivity contribution in [2.45, 2.75) is 38.0 Å². The van der Waals surface area contributed by atoms with Crippen molar-refractivity contribution in [2.24, 2.45) is 0 Å². The molecular formula is C19H21F3N4OS. The van der Waals surface area contributed by atoms with Gasteiger partial charge < -0.3 is 15.1 Å². The molecule has 28 heavy (non-hydrogen) atoms. The first-order chi connectivity index (χ1) is 13.4. The number of hydrogen-bond donors (Lipinski definition) is 1. The summed E-state index contributed by atoms with van der Waals surface area (Å²) in [7, 11) is 0. The van der Waals surface area contributed by atoms with Crippen LogP contribution in [0.15, 0.2) is 29.8 Å². The second-order valence-electron chi connectivity index (χ2n) is 7.15. The fraction of sp³-hybridized carbons (Fsp3) is 0.474. The van der Waals surface area contributed by atoms with Gasteiger partial charge in [0.05, 0.1) is 5.56 Å². The SMILES string of the molecule is O=C(NC1CCN(c2ccc(C(F)(F)F)cn2)CC1)N1CCc2sccc2C1. The van der Waals surface area contributed by atoms with Crippen LogP contribution in [0.1, 0.15) is 28.8 Å². The molecule has 2 amide bonds. The van der Waals surface area contributed by atoms with Crippen molar-refractivity contribution in [3.8, 4) is 0 Å². The Balaban J connectivity index is 1.28. The minimum absolute atomic E-state index is 0.0389. The summed E-state index contributed by atoms with van der Waals surface area (Å²) in [5.74, 6) is 0.541. The third-order valence-electron chi connectivity index (χ3n) is 5.32. The molecule has 1 saturated heterocycles. The first-order valence-corrected chi connectivity index (χ1v) is 10.2. The van der Waals surface area contributed by atoms with E-state index in [1.807, 2.05) is 9.80 Å². The molecule has 150 valence electrons. The lowest BCUT2D eigenvalue weighted by Gasteiger charge is -2.35. The number of aromatic nitrogens is 1. The predicted octanol–water partition coefficient (Wildman–Crippen LogP) is 3.90. The molecule has 1 fully saturated rings. The first kappa shape index (κ1) is 19.0. The van der Waals surface area contributed by atoms with E-state index in [4.69, 9.17) is 0 Å². The molecule has 4 rings (SSSR count). The molecule has 2 aromatic heterocycles. The lowest BCUT2D eigenvalue weighted by Crippen LogP contribution is -2.50. The number of rotatable bonds is 2. The summed E-state index contributed by atoms with van der Waals surface area (Å²) in [6.07, 6.45) is -1.12. The summed E-state index contributed by atoms with van der Waals surface area (Å²) in [4.78, 5) is 21.7. The highest BCUT2D eigenvalue weighted by Gasteiger charge is 2.31. The van der Waals surface area contributed by atoms with Gasteiger partial charge in [0.2, 0.25) is 0 Å². The number of carbonyl (C=O) groups excluding carboxylic acids is 1. The van der Waals surface area contributed by atoms with Crippen LogP contribution in [0.4, 0.5) is 23.8 Å². The minimum Gasteiger partial charge on any atom is -0.356 e. The Morgan fingerprint density at radius 2 is 1.96 bits per heavy atom. The van der Waals surface area contributed by atoms with Crippen molar-refractivity contribution >= 4 is 23.2 Å². The zero-order valence-corrected chi connectivity index (χ0v) is 16.0. The topological polar surface area (TPSA) is 48.5 Å². The van der Waals surface area contributed by atoms with Crippen molar-refractivity contribution in [3.05, 3.63) is 45.8 Å². The predicted molar refractivity (Wildman–Crippen MR) is 101 cm³/mol. The van der Waals surface area contributed by atoms with E-state index in [0.717, 1.165) is 38.1 Å². The second kappa shape index (κ2) is 7.62. The van der Waals surface area contributed by atoms with Crippen LogP contribution in [-0.2, 0) is 19.1 Å². The Kier molecular flexibility index (Phi) is 5.18.